The molecule has 0 N–H and O–H groups in total. The summed E-state index contributed by atoms with van der Waals surface area (Å²) in [5.41, 5.74) is 0. The van der Waals surface area contributed by atoms with Crippen molar-refractivity contribution in [3.05, 3.63) is 0 Å². The van der Waals surface area contributed by atoms with E-state index >= 15 is 0 Å². The van der Waals surface area contributed by atoms with Crippen molar-refractivity contribution in [2.45, 2.75) is 40.0 Å². The molecule has 0 aliphatic carbocycles. The van der Waals surface area contributed by atoms with Crippen molar-refractivity contribution in [1.29, 1.82) is 0 Å². The Bertz CT molecular complexity index is 182. The highest BCUT2D eigenvalue weighted by Crippen LogP contribution is 2.44. The van der Waals surface area contributed by atoms with Crippen LogP contribution in [0.3, 0.4) is 0 Å². The van der Waals surface area contributed by atoms with E-state index in [9.17, 15) is 4.57 Å². The maximum absolute atomic E-state index is 11.7. The minimum absolute atomic E-state index is 0.443. The lowest BCUT2D eigenvalue weighted by atomic mass is 10.1. The molecule has 0 radical (unpaired) electrons. The summed E-state index contributed by atoms with van der Waals surface area (Å²) in [7, 11) is -2.79. The minimum atomic E-state index is -2.79. The molecular formula is C10H23O3P. The van der Waals surface area contributed by atoms with Gasteiger partial charge in [0.15, 0.2) is 0 Å². The molecule has 0 heterocycles. The van der Waals surface area contributed by atoms with Crippen LogP contribution in [0.5, 0.6) is 0 Å². The first kappa shape index (κ1) is 14.2. The summed E-state index contributed by atoms with van der Waals surface area (Å²) < 4.78 is 22.1. The van der Waals surface area contributed by atoms with Crippen LogP contribution in [0.1, 0.15) is 40.0 Å². The lowest BCUT2D eigenvalue weighted by Gasteiger charge is -2.16. The van der Waals surface area contributed by atoms with Gasteiger partial charge in [0, 0.05) is 6.66 Å². The molecule has 4 heteroatoms. The summed E-state index contributed by atoms with van der Waals surface area (Å²) >= 11 is 0. The summed E-state index contributed by atoms with van der Waals surface area (Å²) in [6.07, 6.45) is 3.02. The molecule has 0 rings (SSSR count). The second-order valence-electron chi connectivity index (χ2n) is 3.77. The molecular weight excluding hydrogens is 199 g/mol. The van der Waals surface area contributed by atoms with E-state index in [1.165, 1.54) is 0 Å². The van der Waals surface area contributed by atoms with Gasteiger partial charge in [-0.3, -0.25) is 4.57 Å². The Labute approximate surface area is 87.7 Å². The fourth-order valence-electron chi connectivity index (χ4n) is 0.792. The second-order valence-corrected chi connectivity index (χ2v) is 5.83. The Balaban J connectivity index is 3.66. The van der Waals surface area contributed by atoms with Crippen molar-refractivity contribution >= 4 is 7.60 Å². The van der Waals surface area contributed by atoms with Gasteiger partial charge in [0.2, 0.25) is 0 Å². The van der Waals surface area contributed by atoms with Crippen LogP contribution in [0.15, 0.2) is 0 Å². The normalized spacial score (nSPS) is 17.7. The Morgan fingerprint density at radius 1 is 1.29 bits per heavy atom. The highest BCUT2D eigenvalue weighted by molar-refractivity contribution is 7.52. The predicted octanol–water partition coefficient (Wildman–Crippen LogP) is 3.69. The zero-order valence-corrected chi connectivity index (χ0v) is 10.7. The third kappa shape index (κ3) is 7.54. The number of hydrogen-bond donors (Lipinski definition) is 0. The van der Waals surface area contributed by atoms with Crippen molar-refractivity contribution in [3.63, 3.8) is 0 Å². The molecule has 3 nitrogen and oxygen atoms in total. The fraction of sp³-hybridized carbons (Fsp3) is 1.00. The van der Waals surface area contributed by atoms with E-state index in [1.54, 1.807) is 6.66 Å². The minimum Gasteiger partial charge on any atom is -0.309 e. The molecule has 14 heavy (non-hydrogen) atoms. The van der Waals surface area contributed by atoms with Gasteiger partial charge in [-0.15, -0.1) is 0 Å². The van der Waals surface area contributed by atoms with Crippen molar-refractivity contribution in [3.8, 4) is 0 Å². The number of hydrogen-bond acceptors (Lipinski definition) is 3. The molecule has 0 aliphatic rings. The molecule has 0 spiro atoms. The van der Waals surface area contributed by atoms with Crippen molar-refractivity contribution in [2.75, 3.05) is 19.9 Å². The molecule has 0 aromatic heterocycles. The number of rotatable bonds is 8. The van der Waals surface area contributed by atoms with E-state index in [2.05, 4.69) is 20.8 Å². The summed E-state index contributed by atoms with van der Waals surface area (Å²) in [5, 5.41) is 0. The van der Waals surface area contributed by atoms with Crippen molar-refractivity contribution < 1.29 is 13.6 Å². The van der Waals surface area contributed by atoms with E-state index in [0.717, 1.165) is 19.3 Å². The van der Waals surface area contributed by atoms with Gasteiger partial charge in [0.05, 0.1) is 13.2 Å². The Hall–Kier alpha value is 0.150. The SMILES string of the molecule is CCCCOP(C)(=O)OC[C@H](C)CC. The van der Waals surface area contributed by atoms with Gasteiger partial charge in [-0.25, -0.2) is 0 Å². The smallest absolute Gasteiger partial charge is 0.309 e. The molecule has 0 amide bonds. The first-order valence-corrected chi connectivity index (χ1v) is 7.37. The monoisotopic (exact) mass is 222 g/mol. The first-order valence-electron chi connectivity index (χ1n) is 5.38. The standard InChI is InChI=1S/C10H23O3P/c1-5-7-8-12-14(4,11)13-9-10(3)6-2/h10H,5-9H2,1-4H3/t10-,14?/m1/s1. The zero-order chi connectivity index (χ0) is 11.0. The molecule has 0 saturated carbocycles. The third-order valence-electron chi connectivity index (χ3n) is 2.11. The van der Waals surface area contributed by atoms with Gasteiger partial charge in [-0.2, -0.15) is 0 Å². The van der Waals surface area contributed by atoms with Crippen molar-refractivity contribution in [2.24, 2.45) is 5.92 Å². The van der Waals surface area contributed by atoms with Crippen LogP contribution in [-0.2, 0) is 13.6 Å². The van der Waals surface area contributed by atoms with E-state index in [-0.39, 0.29) is 0 Å². The highest BCUT2D eigenvalue weighted by Gasteiger charge is 2.17. The largest absolute Gasteiger partial charge is 0.327 e. The zero-order valence-electron chi connectivity index (χ0n) is 9.78. The lowest BCUT2D eigenvalue weighted by molar-refractivity contribution is 0.184. The molecule has 0 aromatic rings. The van der Waals surface area contributed by atoms with Crippen LogP contribution in [-0.4, -0.2) is 19.9 Å². The third-order valence-corrected chi connectivity index (χ3v) is 3.38. The molecule has 86 valence electrons. The van der Waals surface area contributed by atoms with E-state index in [0.29, 0.717) is 19.1 Å². The van der Waals surface area contributed by atoms with E-state index in [4.69, 9.17) is 9.05 Å². The van der Waals surface area contributed by atoms with Crippen LogP contribution in [0.4, 0.5) is 0 Å². The van der Waals surface area contributed by atoms with Gasteiger partial charge in [-0.1, -0.05) is 33.6 Å². The van der Waals surface area contributed by atoms with Crippen LogP contribution in [0.2, 0.25) is 0 Å². The van der Waals surface area contributed by atoms with E-state index < -0.39 is 7.60 Å². The molecule has 2 atom stereocenters. The fourth-order valence-corrected chi connectivity index (χ4v) is 1.85. The summed E-state index contributed by atoms with van der Waals surface area (Å²) in [4.78, 5) is 0. The summed E-state index contributed by atoms with van der Waals surface area (Å²) in [5.74, 6) is 0.443. The van der Waals surface area contributed by atoms with Crippen LogP contribution in [0, 0.1) is 5.92 Å². The predicted molar refractivity (Wildman–Crippen MR) is 59.8 cm³/mol. The van der Waals surface area contributed by atoms with E-state index in [1.807, 2.05) is 0 Å². The maximum atomic E-state index is 11.7. The van der Waals surface area contributed by atoms with Crippen LogP contribution < -0.4 is 0 Å². The maximum Gasteiger partial charge on any atom is 0.327 e. The summed E-state index contributed by atoms with van der Waals surface area (Å²) in [6, 6.07) is 0. The van der Waals surface area contributed by atoms with Gasteiger partial charge < -0.3 is 9.05 Å². The average molecular weight is 222 g/mol. The molecule has 1 unspecified atom stereocenters. The Kier molecular flexibility index (Phi) is 7.52. The summed E-state index contributed by atoms with van der Waals surface area (Å²) in [6.45, 7) is 8.84. The molecule has 0 fully saturated rings. The molecule has 0 aromatic carbocycles. The van der Waals surface area contributed by atoms with Crippen LogP contribution >= 0.6 is 7.60 Å². The Morgan fingerprint density at radius 2 is 1.93 bits per heavy atom. The first-order chi connectivity index (χ1) is 6.52. The van der Waals surface area contributed by atoms with Crippen LogP contribution in [0.25, 0.3) is 0 Å². The topological polar surface area (TPSA) is 35.5 Å². The van der Waals surface area contributed by atoms with Crippen molar-refractivity contribution in [1.82, 2.24) is 0 Å². The second kappa shape index (κ2) is 7.44. The molecule has 0 saturated heterocycles. The quantitative estimate of drug-likeness (QED) is 0.464. The number of unbranched alkanes of at least 4 members (excludes halogenated alkanes) is 1. The van der Waals surface area contributed by atoms with Gasteiger partial charge in [0.25, 0.3) is 0 Å². The van der Waals surface area contributed by atoms with Gasteiger partial charge in [-0.05, 0) is 12.3 Å². The van der Waals surface area contributed by atoms with Gasteiger partial charge >= 0.3 is 7.60 Å². The Morgan fingerprint density at radius 3 is 2.43 bits per heavy atom. The lowest BCUT2D eigenvalue weighted by Crippen LogP contribution is -2.04. The molecule has 0 bridgehead atoms. The highest BCUT2D eigenvalue weighted by atomic mass is 31.2. The van der Waals surface area contributed by atoms with Gasteiger partial charge in [0.1, 0.15) is 0 Å². The molecule has 0 aliphatic heterocycles. The average Bonchev–Trinajstić information content (AvgIpc) is 2.14.